The molecule has 0 amide bonds. The molecule has 0 N–H and O–H groups in total. The fraction of sp³-hybridized carbons (Fsp3) is 0.410. The summed E-state index contributed by atoms with van der Waals surface area (Å²) in [6.07, 6.45) is -2.36. The summed E-state index contributed by atoms with van der Waals surface area (Å²) < 4.78 is 153. The molecule has 0 unspecified atom stereocenters. The molecule has 280 valence electrons. The maximum atomic E-state index is 16.0. The molecule has 13 heteroatoms. The van der Waals surface area contributed by atoms with Crippen molar-refractivity contribution in [3.8, 4) is 0 Å². The van der Waals surface area contributed by atoms with E-state index in [1.807, 2.05) is 0 Å². The summed E-state index contributed by atoms with van der Waals surface area (Å²) in [4.78, 5) is 0. The first-order valence-corrected chi connectivity index (χ1v) is 18.6. The molecule has 1 saturated heterocycles. The van der Waals surface area contributed by atoms with Gasteiger partial charge in [0.1, 0.15) is 35.7 Å². The molecule has 0 spiro atoms. The molecule has 1 aromatic heterocycles. The molecule has 2 atom stereocenters. The molecule has 1 nitrogen and oxygen atoms in total. The first-order valence-electron chi connectivity index (χ1n) is 17.0. The standard InChI is InChI=1S/C39H41BF10NP/c1-37(2,3)20-17-22(38(4,5)6)36(23(18-20)39(7,8)9)52-19-21(52)13-14-40(51-15-11-10-12-16-51,24-26(41)30(45)34(49)31(46)27(24)42)25-28(43)32(47)35(50)33(48)29(25)44/h10-12,15-18,21H,13-14,19H2,1-9H3/t21-,52+/m1/s1. The lowest BCUT2D eigenvalue weighted by Gasteiger charge is -2.37. The summed E-state index contributed by atoms with van der Waals surface area (Å²) in [5, 5.41) is 1.09. The van der Waals surface area contributed by atoms with Crippen LogP contribution in [0.15, 0.2) is 42.7 Å². The van der Waals surface area contributed by atoms with E-state index in [0.717, 1.165) is 38.9 Å². The van der Waals surface area contributed by atoms with E-state index in [9.17, 15) is 26.3 Å². The highest BCUT2D eigenvalue weighted by Crippen LogP contribution is 2.62. The Kier molecular flexibility index (Phi) is 10.3. The summed E-state index contributed by atoms with van der Waals surface area (Å²) in [5.74, 6) is -24.5. The van der Waals surface area contributed by atoms with Gasteiger partial charge in [-0.1, -0.05) is 106 Å². The molecule has 52 heavy (non-hydrogen) atoms. The average molecular weight is 756 g/mol. The average Bonchev–Trinajstić information content (AvgIpc) is 3.84. The quantitative estimate of drug-likeness (QED) is 0.0582. The summed E-state index contributed by atoms with van der Waals surface area (Å²) in [7, 11) is -1.04. The lowest BCUT2D eigenvalue weighted by Crippen LogP contribution is -2.81. The molecule has 3 aromatic carbocycles. The van der Waals surface area contributed by atoms with E-state index >= 15 is 17.6 Å². The zero-order chi connectivity index (χ0) is 39.0. The van der Waals surface area contributed by atoms with Crippen molar-refractivity contribution in [3.63, 3.8) is 0 Å². The Balaban J connectivity index is 1.79. The van der Waals surface area contributed by atoms with Crippen molar-refractivity contribution in [3.05, 3.63) is 118 Å². The normalized spacial score (nSPS) is 16.8. The van der Waals surface area contributed by atoms with E-state index in [1.165, 1.54) is 18.2 Å². The number of rotatable bonds is 7. The summed E-state index contributed by atoms with van der Waals surface area (Å²) in [5.41, 5.74) is -1.27. The summed E-state index contributed by atoms with van der Waals surface area (Å²) in [6.45, 7) is 18.8. The van der Waals surface area contributed by atoms with Crippen LogP contribution in [-0.2, 0) is 16.2 Å². The van der Waals surface area contributed by atoms with Crippen molar-refractivity contribution in [1.82, 2.24) is 0 Å². The molecule has 1 aliphatic rings. The van der Waals surface area contributed by atoms with E-state index in [0.29, 0.717) is 6.16 Å². The number of aromatic nitrogens is 1. The van der Waals surface area contributed by atoms with Gasteiger partial charge in [-0.2, -0.15) is 0 Å². The van der Waals surface area contributed by atoms with Crippen LogP contribution in [0.25, 0.3) is 0 Å². The maximum Gasteiger partial charge on any atom is 0.344 e. The van der Waals surface area contributed by atoms with Gasteiger partial charge in [0.05, 0.1) is 0 Å². The van der Waals surface area contributed by atoms with Gasteiger partial charge < -0.3 is 4.48 Å². The van der Waals surface area contributed by atoms with Crippen LogP contribution in [-0.4, -0.2) is 18.1 Å². The molecule has 1 aliphatic heterocycles. The van der Waals surface area contributed by atoms with Crippen LogP contribution in [0.2, 0.25) is 6.32 Å². The fourth-order valence-corrected chi connectivity index (χ4v) is 10.5. The lowest BCUT2D eigenvalue weighted by molar-refractivity contribution is -0.542. The van der Waals surface area contributed by atoms with Crippen molar-refractivity contribution in [2.45, 2.75) is 97.0 Å². The van der Waals surface area contributed by atoms with Gasteiger partial charge in [-0.05, 0) is 62.2 Å². The second-order valence-electron chi connectivity index (χ2n) is 16.8. The monoisotopic (exact) mass is 755 g/mol. The van der Waals surface area contributed by atoms with Crippen LogP contribution in [0, 0.1) is 58.2 Å². The second-order valence-corrected chi connectivity index (χ2v) is 19.3. The Bertz CT molecular complexity index is 1890. The maximum absolute atomic E-state index is 16.0. The highest BCUT2D eigenvalue weighted by molar-refractivity contribution is 7.73. The zero-order valence-electron chi connectivity index (χ0n) is 30.5. The predicted octanol–water partition coefficient (Wildman–Crippen LogP) is 9.45. The Morgan fingerprint density at radius 3 is 1.27 bits per heavy atom. The van der Waals surface area contributed by atoms with Crippen molar-refractivity contribution in [2.24, 2.45) is 0 Å². The molecule has 0 aliphatic carbocycles. The Hall–Kier alpha value is -3.40. The molecule has 1 fully saturated rings. The van der Waals surface area contributed by atoms with Crippen LogP contribution < -0.4 is 20.7 Å². The molecule has 2 heterocycles. The van der Waals surface area contributed by atoms with Crippen molar-refractivity contribution in [1.29, 1.82) is 0 Å². The summed E-state index contributed by atoms with van der Waals surface area (Å²) >= 11 is 0. The van der Waals surface area contributed by atoms with Crippen LogP contribution >= 0.6 is 7.92 Å². The topological polar surface area (TPSA) is 3.88 Å². The highest BCUT2D eigenvalue weighted by atomic mass is 31.1. The van der Waals surface area contributed by atoms with Gasteiger partial charge >= 0.3 is 6.28 Å². The number of nitrogens with zero attached hydrogens (tertiary/aromatic N) is 1. The van der Waals surface area contributed by atoms with Crippen molar-refractivity contribution >= 4 is 30.4 Å². The largest absolute Gasteiger partial charge is 0.419 e. The van der Waals surface area contributed by atoms with Gasteiger partial charge in [-0.3, -0.25) is 0 Å². The second kappa shape index (κ2) is 13.5. The molecule has 0 saturated carbocycles. The van der Waals surface area contributed by atoms with Gasteiger partial charge in [-0.25, -0.2) is 43.9 Å². The molecule has 0 bridgehead atoms. The first-order chi connectivity index (χ1) is 23.9. The number of halogens is 10. The first kappa shape index (κ1) is 39.8. The Labute approximate surface area is 299 Å². The van der Waals surface area contributed by atoms with Gasteiger partial charge in [-0.15, -0.1) is 6.32 Å². The number of hydrogen-bond acceptors (Lipinski definition) is 0. The summed E-state index contributed by atoms with van der Waals surface area (Å²) in [6, 6.07) is 8.24. The van der Waals surface area contributed by atoms with Gasteiger partial charge in [0, 0.05) is 0 Å². The lowest BCUT2D eigenvalue weighted by atomic mass is 9.24. The molecule has 0 radical (unpaired) electrons. The third kappa shape index (κ3) is 6.66. The van der Waals surface area contributed by atoms with Gasteiger partial charge in [0.25, 0.3) is 0 Å². The van der Waals surface area contributed by atoms with Crippen LogP contribution in [0.1, 0.15) is 85.4 Å². The smallest absolute Gasteiger partial charge is 0.344 e. The zero-order valence-corrected chi connectivity index (χ0v) is 31.4. The van der Waals surface area contributed by atoms with E-state index in [4.69, 9.17) is 0 Å². The van der Waals surface area contributed by atoms with Gasteiger partial charge in [0.2, 0.25) is 0 Å². The highest BCUT2D eigenvalue weighted by Gasteiger charge is 2.53. The Morgan fingerprint density at radius 2 is 0.923 bits per heavy atom. The molecule has 4 aromatic rings. The van der Waals surface area contributed by atoms with Crippen LogP contribution in [0.5, 0.6) is 0 Å². The van der Waals surface area contributed by atoms with Crippen molar-refractivity contribution in [2.75, 3.05) is 6.16 Å². The minimum Gasteiger partial charge on any atom is -0.419 e. The Morgan fingerprint density at radius 1 is 0.558 bits per heavy atom. The van der Waals surface area contributed by atoms with E-state index < -0.39 is 89.6 Å². The number of hydrogen-bond donors (Lipinski definition) is 0. The van der Waals surface area contributed by atoms with E-state index in [-0.39, 0.29) is 28.3 Å². The minimum atomic E-state index is -4.16. The van der Waals surface area contributed by atoms with Crippen LogP contribution in [0.3, 0.4) is 0 Å². The number of pyridine rings is 1. The minimum absolute atomic E-state index is 0.110. The number of benzene rings is 3. The molecular weight excluding hydrogens is 714 g/mol. The van der Waals surface area contributed by atoms with Gasteiger partial charge in [0.15, 0.2) is 34.9 Å². The SMILES string of the molecule is CC(C)(C)c1cc(C(C)(C)C)c([P@@]2C[C@H]2CC[B-](c2c(F)c(F)c(F)c(F)c2F)(c2c(F)c(F)c(F)c(F)c2F)[n+]2ccccc2)c(C(C)(C)C)c1. The molecule has 5 rings (SSSR count). The predicted molar refractivity (Wildman–Crippen MR) is 187 cm³/mol. The third-order valence-electron chi connectivity index (χ3n) is 10.2. The van der Waals surface area contributed by atoms with Crippen LogP contribution in [0.4, 0.5) is 43.9 Å². The van der Waals surface area contributed by atoms with E-state index in [1.54, 1.807) is 0 Å². The van der Waals surface area contributed by atoms with Crippen molar-refractivity contribution < 1.29 is 48.4 Å². The third-order valence-corrected chi connectivity index (χ3v) is 12.9. The molecular formula is C39H41BF10NP. The van der Waals surface area contributed by atoms with E-state index in [2.05, 4.69) is 74.4 Å². The fourth-order valence-electron chi connectivity index (χ4n) is 7.32.